The second-order valence-corrected chi connectivity index (χ2v) is 3.50. The normalized spacial score (nSPS) is 10.4. The van der Waals surface area contributed by atoms with Gasteiger partial charge in [0.25, 0.3) is 0 Å². The Kier molecular flexibility index (Phi) is 2.34. The minimum atomic E-state index is 0.584. The fourth-order valence-electron chi connectivity index (χ4n) is 1.58. The van der Waals surface area contributed by atoms with Crippen molar-refractivity contribution in [1.29, 1.82) is 0 Å². The highest BCUT2D eigenvalue weighted by Gasteiger charge is 2.04. The summed E-state index contributed by atoms with van der Waals surface area (Å²) in [4.78, 5) is 4.13. The van der Waals surface area contributed by atoms with Crippen molar-refractivity contribution in [3.63, 3.8) is 0 Å². The van der Waals surface area contributed by atoms with Crippen LogP contribution in [0, 0.1) is 0 Å². The van der Waals surface area contributed by atoms with E-state index < -0.39 is 0 Å². The average Bonchev–Trinajstić information content (AvgIpc) is 2.40. The number of nitrogens with one attached hydrogen (secondary N) is 1. The molecule has 1 aromatic carbocycles. The molecule has 0 atom stereocenters. The largest absolute Gasteiger partial charge is 0.338 e. The first-order chi connectivity index (χ1) is 8.43. The van der Waals surface area contributed by atoms with Crippen molar-refractivity contribution in [2.75, 3.05) is 5.32 Å². The van der Waals surface area contributed by atoms with Gasteiger partial charge in [-0.2, -0.15) is 0 Å². The Bertz CT molecular complexity index is 633. The van der Waals surface area contributed by atoms with Crippen molar-refractivity contribution in [2.45, 2.75) is 0 Å². The lowest BCUT2D eigenvalue weighted by Crippen LogP contribution is -1.99. The van der Waals surface area contributed by atoms with E-state index in [-0.39, 0.29) is 0 Å². The Morgan fingerprint density at radius 3 is 2.65 bits per heavy atom. The van der Waals surface area contributed by atoms with E-state index in [0.29, 0.717) is 11.5 Å². The van der Waals surface area contributed by atoms with Gasteiger partial charge in [-0.25, -0.2) is 4.98 Å². The highest BCUT2D eigenvalue weighted by molar-refractivity contribution is 5.87. The van der Waals surface area contributed by atoms with Gasteiger partial charge in [0, 0.05) is 11.9 Å². The fourth-order valence-corrected chi connectivity index (χ4v) is 1.58. The summed E-state index contributed by atoms with van der Waals surface area (Å²) < 4.78 is 0. The molecular formula is C12H9N5. The molecule has 0 bridgehead atoms. The molecule has 0 unspecified atom stereocenters. The van der Waals surface area contributed by atoms with Gasteiger partial charge in [-0.15, -0.1) is 10.2 Å². The van der Waals surface area contributed by atoms with Crippen LogP contribution in [0.15, 0.2) is 48.7 Å². The molecule has 0 aliphatic heterocycles. The van der Waals surface area contributed by atoms with E-state index in [9.17, 15) is 0 Å². The third-order valence-corrected chi connectivity index (χ3v) is 2.36. The maximum absolute atomic E-state index is 4.13. The van der Waals surface area contributed by atoms with Gasteiger partial charge in [0.1, 0.15) is 0 Å². The number of hydrogen-bond donors (Lipinski definition) is 1. The van der Waals surface area contributed by atoms with Crippen molar-refractivity contribution >= 4 is 22.5 Å². The van der Waals surface area contributed by atoms with Crippen molar-refractivity contribution in [2.24, 2.45) is 0 Å². The van der Waals surface area contributed by atoms with Crippen molar-refractivity contribution < 1.29 is 0 Å². The molecule has 0 radical (unpaired) electrons. The maximum atomic E-state index is 4.13. The number of hydrogen-bond acceptors (Lipinski definition) is 5. The van der Waals surface area contributed by atoms with Gasteiger partial charge in [0.15, 0.2) is 11.5 Å². The minimum Gasteiger partial charge on any atom is -0.338 e. The molecule has 5 nitrogen and oxygen atoms in total. The summed E-state index contributed by atoms with van der Waals surface area (Å²) in [5.74, 6) is 0.661. The Balaban J connectivity index is 2.06. The molecule has 3 rings (SSSR count). The fraction of sp³-hybridized carbons (Fsp3) is 0. The van der Waals surface area contributed by atoms with Crippen molar-refractivity contribution in [1.82, 2.24) is 20.4 Å². The van der Waals surface area contributed by atoms with Crippen LogP contribution in [0.5, 0.6) is 0 Å². The second kappa shape index (κ2) is 4.13. The summed E-state index contributed by atoms with van der Waals surface area (Å²) in [5.41, 5.74) is 1.54. The first-order valence-electron chi connectivity index (χ1n) is 5.20. The van der Waals surface area contributed by atoms with Crippen molar-refractivity contribution in [3.8, 4) is 0 Å². The monoisotopic (exact) mass is 223 g/mol. The van der Waals surface area contributed by atoms with Gasteiger partial charge in [-0.3, -0.25) is 0 Å². The van der Waals surface area contributed by atoms with Crippen LogP contribution in [0.2, 0.25) is 0 Å². The van der Waals surface area contributed by atoms with Gasteiger partial charge >= 0.3 is 0 Å². The number of benzene rings is 1. The number of aromatic nitrogens is 4. The lowest BCUT2D eigenvalue weighted by Gasteiger charge is -2.05. The molecule has 5 heteroatoms. The highest BCUT2D eigenvalue weighted by Crippen LogP contribution is 2.20. The van der Waals surface area contributed by atoms with E-state index in [1.807, 2.05) is 42.5 Å². The molecule has 0 fully saturated rings. The van der Waals surface area contributed by atoms with Crippen LogP contribution in [0.25, 0.3) is 11.0 Å². The van der Waals surface area contributed by atoms with Gasteiger partial charge in [-0.05, 0) is 29.5 Å². The average molecular weight is 223 g/mol. The van der Waals surface area contributed by atoms with E-state index in [0.717, 1.165) is 11.1 Å². The van der Waals surface area contributed by atoms with Crippen LogP contribution in [0.1, 0.15) is 0 Å². The topological polar surface area (TPSA) is 63.6 Å². The van der Waals surface area contributed by atoms with E-state index >= 15 is 0 Å². The summed E-state index contributed by atoms with van der Waals surface area (Å²) in [6.45, 7) is 0. The zero-order valence-electron chi connectivity index (χ0n) is 8.91. The number of rotatable bonds is 2. The predicted octanol–water partition coefficient (Wildman–Crippen LogP) is 2.16. The standard InChI is InChI=1S/C12H9N5/c1-2-5-9(6-3-1)14-12-10-7-4-8-13-11(10)15-17-16-12/h1-8H,(H,13,14,15,16). The van der Waals surface area contributed by atoms with Crippen LogP contribution in [0.3, 0.4) is 0 Å². The van der Waals surface area contributed by atoms with E-state index in [1.54, 1.807) is 6.20 Å². The first kappa shape index (κ1) is 9.65. The predicted molar refractivity (Wildman–Crippen MR) is 64.9 cm³/mol. The molecule has 1 N–H and O–H groups in total. The minimum absolute atomic E-state index is 0.584. The number of para-hydroxylation sites is 1. The Morgan fingerprint density at radius 2 is 1.76 bits per heavy atom. The van der Waals surface area contributed by atoms with Crippen LogP contribution in [-0.4, -0.2) is 20.4 Å². The van der Waals surface area contributed by atoms with E-state index in [1.165, 1.54) is 0 Å². The summed E-state index contributed by atoms with van der Waals surface area (Å²) in [6.07, 6.45) is 1.68. The summed E-state index contributed by atoms with van der Waals surface area (Å²) in [5, 5.41) is 15.6. The van der Waals surface area contributed by atoms with Gasteiger partial charge in [0.05, 0.1) is 5.39 Å². The molecule has 0 saturated carbocycles. The molecule has 0 saturated heterocycles. The highest BCUT2D eigenvalue weighted by atomic mass is 15.3. The lowest BCUT2D eigenvalue weighted by molar-refractivity contribution is 0.891. The summed E-state index contributed by atoms with van der Waals surface area (Å²) in [7, 11) is 0. The smallest absolute Gasteiger partial charge is 0.187 e. The molecular weight excluding hydrogens is 214 g/mol. The Labute approximate surface area is 97.5 Å². The van der Waals surface area contributed by atoms with Crippen LogP contribution < -0.4 is 5.32 Å². The zero-order chi connectivity index (χ0) is 11.5. The Hall–Kier alpha value is -2.56. The maximum Gasteiger partial charge on any atom is 0.187 e. The van der Waals surface area contributed by atoms with Crippen LogP contribution in [0.4, 0.5) is 11.5 Å². The van der Waals surface area contributed by atoms with E-state index in [4.69, 9.17) is 0 Å². The number of anilines is 2. The number of nitrogens with zero attached hydrogens (tertiary/aromatic N) is 4. The quantitative estimate of drug-likeness (QED) is 0.721. The Morgan fingerprint density at radius 1 is 0.882 bits per heavy atom. The molecule has 82 valence electrons. The zero-order valence-corrected chi connectivity index (χ0v) is 8.91. The van der Waals surface area contributed by atoms with Gasteiger partial charge in [-0.1, -0.05) is 18.2 Å². The molecule has 0 aliphatic rings. The number of pyridine rings is 1. The van der Waals surface area contributed by atoms with Crippen LogP contribution in [-0.2, 0) is 0 Å². The molecule has 3 aromatic rings. The molecule has 0 aliphatic carbocycles. The summed E-state index contributed by atoms with van der Waals surface area (Å²) in [6, 6.07) is 13.6. The first-order valence-corrected chi connectivity index (χ1v) is 5.20. The molecule has 0 spiro atoms. The summed E-state index contributed by atoms with van der Waals surface area (Å²) >= 11 is 0. The van der Waals surface area contributed by atoms with E-state index in [2.05, 4.69) is 25.7 Å². The number of fused-ring (bicyclic) bond motifs is 1. The lowest BCUT2D eigenvalue weighted by atomic mass is 10.3. The molecule has 2 heterocycles. The SMILES string of the molecule is c1ccc(Nc2nnnc3ncccc23)cc1. The third kappa shape index (κ3) is 1.90. The molecule has 2 aromatic heterocycles. The third-order valence-electron chi connectivity index (χ3n) is 2.36. The van der Waals surface area contributed by atoms with Crippen molar-refractivity contribution in [3.05, 3.63) is 48.7 Å². The van der Waals surface area contributed by atoms with Crippen LogP contribution >= 0.6 is 0 Å². The molecule has 17 heavy (non-hydrogen) atoms. The van der Waals surface area contributed by atoms with Gasteiger partial charge in [0.2, 0.25) is 0 Å². The van der Waals surface area contributed by atoms with Gasteiger partial charge < -0.3 is 5.32 Å². The second-order valence-electron chi connectivity index (χ2n) is 3.50. The molecule has 0 amide bonds.